The van der Waals surface area contributed by atoms with E-state index in [0.717, 1.165) is 49.2 Å². The molecule has 2 fully saturated rings. The SMILES string of the molecule is CC.CC(C)(C)OC(=O)N1CCCC(C(O)c2ncn3c2CCCC3)C1=O.CC(C)(C)OC(=O)N1CCCCC1=O. The zero-order chi connectivity index (χ0) is 31.0. The van der Waals surface area contributed by atoms with Crippen LogP contribution < -0.4 is 0 Å². The van der Waals surface area contributed by atoms with Crippen LogP contribution in [0.1, 0.15) is 118 Å². The molecule has 0 aromatic carbocycles. The molecule has 0 spiro atoms. The number of aliphatic hydroxyl groups excluding tert-OH is 1. The Bertz CT molecular complexity index is 1050. The van der Waals surface area contributed by atoms with Gasteiger partial charge in [0, 0.05) is 31.7 Å². The predicted molar refractivity (Wildman–Crippen MR) is 154 cm³/mol. The van der Waals surface area contributed by atoms with Crippen molar-refractivity contribution in [2.75, 3.05) is 13.1 Å². The average Bonchev–Trinajstić information content (AvgIpc) is 3.32. The van der Waals surface area contributed by atoms with E-state index < -0.39 is 35.4 Å². The van der Waals surface area contributed by atoms with Gasteiger partial charge in [-0.2, -0.15) is 0 Å². The van der Waals surface area contributed by atoms with Crippen molar-refractivity contribution in [2.45, 2.75) is 131 Å². The van der Waals surface area contributed by atoms with Crippen LogP contribution >= 0.6 is 0 Å². The van der Waals surface area contributed by atoms with E-state index in [1.54, 1.807) is 47.9 Å². The molecular weight excluding hydrogens is 528 g/mol. The number of rotatable bonds is 2. The Labute approximate surface area is 244 Å². The van der Waals surface area contributed by atoms with E-state index in [1.807, 2.05) is 13.8 Å². The third-order valence-corrected chi connectivity index (χ3v) is 6.73. The molecule has 0 radical (unpaired) electrons. The number of piperidine rings is 2. The summed E-state index contributed by atoms with van der Waals surface area (Å²) in [5.41, 5.74) is 0.408. The Morgan fingerprint density at radius 1 is 0.854 bits per heavy atom. The molecule has 4 heterocycles. The molecule has 2 unspecified atom stereocenters. The number of imide groups is 2. The number of ether oxygens (including phenoxy) is 2. The number of likely N-dealkylation sites (tertiary alicyclic amines) is 2. The van der Waals surface area contributed by atoms with Gasteiger partial charge in [-0.1, -0.05) is 13.8 Å². The lowest BCUT2D eigenvalue weighted by atomic mass is 9.88. The molecule has 4 rings (SSSR count). The molecule has 1 aromatic heterocycles. The van der Waals surface area contributed by atoms with Gasteiger partial charge in [0.15, 0.2) is 0 Å². The highest BCUT2D eigenvalue weighted by Gasteiger charge is 2.40. The summed E-state index contributed by atoms with van der Waals surface area (Å²) in [5.74, 6) is -1.14. The lowest BCUT2D eigenvalue weighted by Crippen LogP contribution is -2.48. The predicted octanol–water partition coefficient (Wildman–Crippen LogP) is 5.39. The van der Waals surface area contributed by atoms with Crippen molar-refractivity contribution >= 4 is 24.0 Å². The highest BCUT2D eigenvalue weighted by atomic mass is 16.6. The van der Waals surface area contributed by atoms with Crippen molar-refractivity contribution in [3.05, 3.63) is 17.7 Å². The van der Waals surface area contributed by atoms with Crippen LogP contribution in [0.5, 0.6) is 0 Å². The summed E-state index contributed by atoms with van der Waals surface area (Å²) in [7, 11) is 0. The highest BCUT2D eigenvalue weighted by Crippen LogP contribution is 2.33. The summed E-state index contributed by atoms with van der Waals surface area (Å²) in [5, 5.41) is 10.8. The first kappa shape index (κ1) is 34.3. The van der Waals surface area contributed by atoms with Gasteiger partial charge in [0.05, 0.1) is 17.9 Å². The molecule has 0 saturated carbocycles. The molecule has 1 N–H and O–H groups in total. The number of hydrogen-bond donors (Lipinski definition) is 1. The second-order valence-corrected chi connectivity index (χ2v) is 12.4. The van der Waals surface area contributed by atoms with Gasteiger partial charge >= 0.3 is 12.2 Å². The van der Waals surface area contributed by atoms with Crippen LogP contribution in [0.3, 0.4) is 0 Å². The van der Waals surface area contributed by atoms with E-state index in [4.69, 9.17) is 9.47 Å². The minimum atomic E-state index is -0.980. The molecule has 2 atom stereocenters. The van der Waals surface area contributed by atoms with Crippen molar-refractivity contribution in [2.24, 2.45) is 5.92 Å². The average molecular weight is 579 g/mol. The van der Waals surface area contributed by atoms with Crippen LogP contribution in [0, 0.1) is 5.92 Å². The summed E-state index contributed by atoms with van der Waals surface area (Å²) < 4.78 is 12.5. The largest absolute Gasteiger partial charge is 0.443 e. The van der Waals surface area contributed by atoms with Gasteiger partial charge in [0.1, 0.15) is 17.3 Å². The molecular formula is C30H50N4O7. The monoisotopic (exact) mass is 578 g/mol. The number of aryl methyl sites for hydroxylation is 1. The summed E-state index contributed by atoms with van der Waals surface area (Å²) in [4.78, 5) is 54.6. The zero-order valence-corrected chi connectivity index (χ0v) is 26.2. The standard InChI is InChI=1S/C18H27N3O4.C10H17NO3.C2H6/c1-18(2,3)25-17(24)21-10-6-7-12(16(21)23)15(22)14-13-8-4-5-9-20(13)11-19-14;1-10(2,3)14-9(13)11-7-5-4-6-8(11)12;1-2/h11-12,15,22H,4-10H2,1-3H3;4-7H2,1-3H3;1-2H3. The van der Waals surface area contributed by atoms with E-state index in [0.29, 0.717) is 38.0 Å². The van der Waals surface area contributed by atoms with Crippen LogP contribution in [0.2, 0.25) is 0 Å². The number of imidazole rings is 1. The van der Waals surface area contributed by atoms with Crippen molar-refractivity contribution in [1.82, 2.24) is 19.4 Å². The fourth-order valence-electron chi connectivity index (χ4n) is 4.91. The van der Waals surface area contributed by atoms with Crippen molar-refractivity contribution in [1.29, 1.82) is 0 Å². The Morgan fingerprint density at radius 2 is 1.39 bits per heavy atom. The summed E-state index contributed by atoms with van der Waals surface area (Å²) >= 11 is 0. The number of carbonyl (C=O) groups excluding carboxylic acids is 4. The molecule has 3 aliphatic heterocycles. The second kappa shape index (κ2) is 14.8. The molecule has 1 aromatic rings. The first-order valence-corrected chi connectivity index (χ1v) is 15.0. The molecule has 3 aliphatic rings. The Kier molecular flexibility index (Phi) is 12.4. The topological polar surface area (TPSA) is 131 Å². The van der Waals surface area contributed by atoms with Crippen LogP contribution in [-0.4, -0.2) is 72.7 Å². The van der Waals surface area contributed by atoms with Crippen molar-refractivity contribution < 1.29 is 33.8 Å². The third-order valence-electron chi connectivity index (χ3n) is 6.73. The molecule has 0 aliphatic carbocycles. The summed E-state index contributed by atoms with van der Waals surface area (Å²) in [6.45, 7) is 16.4. The highest BCUT2D eigenvalue weighted by molar-refractivity contribution is 5.94. The number of nitrogens with zero attached hydrogens (tertiary/aromatic N) is 4. The normalized spacial score (nSPS) is 20.1. The van der Waals surface area contributed by atoms with E-state index in [2.05, 4.69) is 9.55 Å². The van der Waals surface area contributed by atoms with Gasteiger partial charge in [-0.15, -0.1) is 0 Å². The van der Waals surface area contributed by atoms with Crippen LogP contribution in [0.4, 0.5) is 9.59 Å². The van der Waals surface area contributed by atoms with Crippen LogP contribution in [0.15, 0.2) is 6.33 Å². The van der Waals surface area contributed by atoms with Crippen molar-refractivity contribution in [3.8, 4) is 0 Å². The molecule has 41 heavy (non-hydrogen) atoms. The molecule has 232 valence electrons. The van der Waals surface area contributed by atoms with E-state index >= 15 is 0 Å². The van der Waals surface area contributed by atoms with Gasteiger partial charge in [-0.05, 0) is 86.5 Å². The fourth-order valence-corrected chi connectivity index (χ4v) is 4.91. The number of aliphatic hydroxyl groups is 1. The van der Waals surface area contributed by atoms with Gasteiger partial charge in [0.2, 0.25) is 11.8 Å². The summed E-state index contributed by atoms with van der Waals surface area (Å²) in [6, 6.07) is 0. The Balaban J connectivity index is 0.000000312. The zero-order valence-electron chi connectivity index (χ0n) is 26.2. The van der Waals surface area contributed by atoms with Crippen LogP contribution in [0.25, 0.3) is 0 Å². The molecule has 4 amide bonds. The minimum Gasteiger partial charge on any atom is -0.443 e. The molecule has 11 heteroatoms. The second-order valence-electron chi connectivity index (χ2n) is 12.4. The lowest BCUT2D eigenvalue weighted by molar-refractivity contribution is -0.142. The van der Waals surface area contributed by atoms with Crippen LogP contribution in [-0.2, 0) is 32.0 Å². The Morgan fingerprint density at radius 3 is 1.98 bits per heavy atom. The van der Waals surface area contributed by atoms with E-state index in [1.165, 1.54) is 4.90 Å². The Hall–Kier alpha value is -2.95. The van der Waals surface area contributed by atoms with Crippen molar-refractivity contribution in [3.63, 3.8) is 0 Å². The van der Waals surface area contributed by atoms with Gasteiger partial charge in [0.25, 0.3) is 0 Å². The number of fused-ring (bicyclic) bond motifs is 1. The quantitative estimate of drug-likeness (QED) is 0.494. The van der Waals surface area contributed by atoms with Gasteiger partial charge in [-0.25, -0.2) is 24.4 Å². The number of amides is 4. The van der Waals surface area contributed by atoms with Gasteiger partial charge in [-0.3, -0.25) is 9.59 Å². The third kappa shape index (κ3) is 9.83. The number of hydrogen-bond acceptors (Lipinski definition) is 8. The fraction of sp³-hybridized carbons (Fsp3) is 0.767. The van der Waals surface area contributed by atoms with Gasteiger partial charge < -0.3 is 19.1 Å². The first-order chi connectivity index (χ1) is 19.2. The molecule has 11 nitrogen and oxygen atoms in total. The maximum absolute atomic E-state index is 12.8. The smallest absolute Gasteiger partial charge is 0.417 e. The maximum Gasteiger partial charge on any atom is 0.417 e. The van der Waals surface area contributed by atoms with E-state index in [-0.39, 0.29) is 11.8 Å². The first-order valence-electron chi connectivity index (χ1n) is 15.0. The molecule has 2 saturated heterocycles. The van der Waals surface area contributed by atoms with E-state index in [9.17, 15) is 24.3 Å². The summed E-state index contributed by atoms with van der Waals surface area (Å²) in [6.07, 6.45) is 6.06. The minimum absolute atomic E-state index is 0.120. The molecule has 0 bridgehead atoms. The number of aromatic nitrogens is 2. The lowest BCUT2D eigenvalue weighted by Gasteiger charge is -2.34. The maximum atomic E-state index is 12.8. The number of carbonyl (C=O) groups is 4.